The van der Waals surface area contributed by atoms with Crippen LogP contribution in [0.15, 0.2) is 12.7 Å². The third-order valence-electron chi connectivity index (χ3n) is 3.16. The summed E-state index contributed by atoms with van der Waals surface area (Å²) in [5, 5.41) is 3.21. The monoisotopic (exact) mass is 299 g/mol. The number of nitrogens with one attached hydrogen (secondary N) is 1. The highest BCUT2D eigenvalue weighted by atomic mass is 16.6. The summed E-state index contributed by atoms with van der Waals surface area (Å²) in [6.07, 6.45) is 2.54. The highest BCUT2D eigenvalue weighted by molar-refractivity contribution is 5.81. The Morgan fingerprint density at radius 1 is 1.33 bits per heavy atom. The number of carbonyl (C=O) groups is 2. The van der Waals surface area contributed by atoms with E-state index in [1.165, 1.54) is 0 Å². The molecule has 0 heterocycles. The number of ether oxygens (including phenoxy) is 2. The topological polar surface area (TPSA) is 64.6 Å². The Kier molecular flexibility index (Phi) is 8.93. The van der Waals surface area contributed by atoms with Crippen LogP contribution in [-0.4, -0.2) is 37.2 Å². The maximum atomic E-state index is 11.8. The maximum absolute atomic E-state index is 11.8. The number of hydrogen-bond donors (Lipinski definition) is 1. The van der Waals surface area contributed by atoms with Crippen LogP contribution in [0.5, 0.6) is 0 Å². The summed E-state index contributed by atoms with van der Waals surface area (Å²) in [7, 11) is 1.89. The first kappa shape index (κ1) is 19.6. The molecular weight excluding hydrogens is 270 g/mol. The lowest BCUT2D eigenvalue weighted by atomic mass is 9.92. The zero-order valence-electron chi connectivity index (χ0n) is 13.9. The Bertz CT molecular complexity index is 350. The zero-order valence-corrected chi connectivity index (χ0v) is 13.9. The van der Waals surface area contributed by atoms with Crippen LogP contribution in [-0.2, 0) is 19.1 Å². The van der Waals surface area contributed by atoms with Crippen molar-refractivity contribution in [2.75, 3.05) is 13.7 Å². The van der Waals surface area contributed by atoms with Gasteiger partial charge in [-0.3, -0.25) is 4.79 Å². The summed E-state index contributed by atoms with van der Waals surface area (Å²) in [5.41, 5.74) is -0.102. The van der Waals surface area contributed by atoms with Gasteiger partial charge in [0.2, 0.25) is 0 Å². The Hall–Kier alpha value is -1.36. The van der Waals surface area contributed by atoms with Crippen molar-refractivity contribution in [3.8, 4) is 0 Å². The van der Waals surface area contributed by atoms with Crippen molar-refractivity contribution in [3.05, 3.63) is 12.7 Å². The van der Waals surface area contributed by atoms with Gasteiger partial charge in [0.1, 0.15) is 12.7 Å². The number of esters is 2. The zero-order chi connectivity index (χ0) is 16.5. The van der Waals surface area contributed by atoms with Crippen LogP contribution in [0, 0.1) is 5.92 Å². The van der Waals surface area contributed by atoms with Gasteiger partial charge in [0.05, 0.1) is 6.42 Å². The average Bonchev–Trinajstić information content (AvgIpc) is 2.37. The van der Waals surface area contributed by atoms with Gasteiger partial charge in [-0.05, 0) is 33.2 Å². The van der Waals surface area contributed by atoms with Crippen LogP contribution in [0.2, 0.25) is 0 Å². The van der Waals surface area contributed by atoms with E-state index < -0.39 is 5.97 Å². The minimum Gasteiger partial charge on any atom is -0.462 e. The Morgan fingerprint density at radius 3 is 2.43 bits per heavy atom. The van der Waals surface area contributed by atoms with E-state index in [4.69, 9.17) is 9.47 Å². The van der Waals surface area contributed by atoms with Crippen molar-refractivity contribution in [1.29, 1.82) is 0 Å². The fourth-order valence-electron chi connectivity index (χ4n) is 1.91. The van der Waals surface area contributed by atoms with E-state index in [0.717, 1.165) is 18.9 Å². The molecule has 0 aromatic carbocycles. The summed E-state index contributed by atoms with van der Waals surface area (Å²) in [6, 6.07) is 0. The second kappa shape index (κ2) is 9.55. The number of carbonyl (C=O) groups excluding carboxylic acids is 2. The molecule has 0 saturated carbocycles. The molecule has 0 aliphatic heterocycles. The summed E-state index contributed by atoms with van der Waals surface area (Å²) in [4.78, 5) is 22.7. The third-order valence-corrected chi connectivity index (χ3v) is 3.16. The van der Waals surface area contributed by atoms with E-state index in [0.29, 0.717) is 5.92 Å². The lowest BCUT2D eigenvalue weighted by Gasteiger charge is -2.30. The summed E-state index contributed by atoms with van der Waals surface area (Å²) < 4.78 is 10.3. The molecule has 0 amide bonds. The predicted molar refractivity (Wildman–Crippen MR) is 82.9 cm³/mol. The Morgan fingerprint density at radius 2 is 1.95 bits per heavy atom. The summed E-state index contributed by atoms with van der Waals surface area (Å²) >= 11 is 0. The second-order valence-electron chi connectivity index (χ2n) is 6.20. The van der Waals surface area contributed by atoms with Crippen LogP contribution in [0.1, 0.15) is 47.0 Å². The van der Waals surface area contributed by atoms with Gasteiger partial charge in [-0.15, -0.1) is 0 Å². The van der Waals surface area contributed by atoms with E-state index in [2.05, 4.69) is 39.6 Å². The molecule has 0 aromatic rings. The van der Waals surface area contributed by atoms with Gasteiger partial charge < -0.3 is 14.8 Å². The highest BCUT2D eigenvalue weighted by Gasteiger charge is 2.25. The van der Waals surface area contributed by atoms with Crippen molar-refractivity contribution in [1.82, 2.24) is 5.32 Å². The normalized spacial score (nSPS) is 12.9. The minimum atomic E-state index is -0.530. The van der Waals surface area contributed by atoms with Gasteiger partial charge in [0.15, 0.2) is 0 Å². The molecule has 0 aliphatic carbocycles. The lowest BCUT2D eigenvalue weighted by molar-refractivity contribution is -0.153. The van der Waals surface area contributed by atoms with Crippen molar-refractivity contribution in [2.24, 2.45) is 5.92 Å². The molecular formula is C16H29NO4. The van der Waals surface area contributed by atoms with Crippen LogP contribution in [0.25, 0.3) is 0 Å². The fraction of sp³-hybridized carbons (Fsp3) is 0.750. The first-order valence-corrected chi connectivity index (χ1v) is 7.37. The molecule has 0 saturated heterocycles. The molecule has 1 N–H and O–H groups in total. The minimum absolute atomic E-state index is 0.0213. The van der Waals surface area contributed by atoms with Gasteiger partial charge in [0.25, 0.3) is 0 Å². The van der Waals surface area contributed by atoms with Crippen LogP contribution >= 0.6 is 0 Å². The molecule has 0 spiro atoms. The van der Waals surface area contributed by atoms with E-state index in [-0.39, 0.29) is 30.6 Å². The van der Waals surface area contributed by atoms with E-state index in [1.54, 1.807) is 0 Å². The maximum Gasteiger partial charge on any atom is 0.330 e. The van der Waals surface area contributed by atoms with Crippen LogP contribution in [0.3, 0.4) is 0 Å². The second-order valence-corrected chi connectivity index (χ2v) is 6.20. The molecule has 1 atom stereocenters. The van der Waals surface area contributed by atoms with Gasteiger partial charge in [-0.1, -0.05) is 20.4 Å². The van der Waals surface area contributed by atoms with Crippen molar-refractivity contribution in [2.45, 2.75) is 58.6 Å². The predicted octanol–water partition coefficient (Wildman–Crippen LogP) is 2.45. The molecule has 0 aromatic heterocycles. The van der Waals surface area contributed by atoms with Crippen molar-refractivity contribution in [3.63, 3.8) is 0 Å². The fourth-order valence-corrected chi connectivity index (χ4v) is 1.91. The average molecular weight is 299 g/mol. The first-order valence-electron chi connectivity index (χ1n) is 7.37. The molecule has 0 aliphatic rings. The molecule has 21 heavy (non-hydrogen) atoms. The van der Waals surface area contributed by atoms with Gasteiger partial charge in [0, 0.05) is 18.0 Å². The molecule has 0 rings (SSSR count). The third kappa shape index (κ3) is 10.1. The van der Waals surface area contributed by atoms with Crippen LogP contribution in [0.4, 0.5) is 0 Å². The highest BCUT2D eigenvalue weighted by Crippen LogP contribution is 2.20. The van der Waals surface area contributed by atoms with Crippen LogP contribution < -0.4 is 5.32 Å². The van der Waals surface area contributed by atoms with Crippen molar-refractivity contribution < 1.29 is 19.1 Å². The molecule has 0 fully saturated rings. The first-order chi connectivity index (χ1) is 9.70. The Labute approximate surface area is 128 Å². The van der Waals surface area contributed by atoms with E-state index in [1.807, 2.05) is 7.05 Å². The smallest absolute Gasteiger partial charge is 0.330 e. The number of hydrogen-bond acceptors (Lipinski definition) is 5. The summed E-state index contributed by atoms with van der Waals surface area (Å²) in [5.74, 6) is -0.434. The largest absolute Gasteiger partial charge is 0.462 e. The van der Waals surface area contributed by atoms with Crippen molar-refractivity contribution >= 4 is 11.9 Å². The molecule has 5 nitrogen and oxygen atoms in total. The molecule has 1 unspecified atom stereocenters. The molecule has 0 radical (unpaired) electrons. The molecule has 122 valence electrons. The van der Waals surface area contributed by atoms with E-state index >= 15 is 0 Å². The quantitative estimate of drug-likeness (QED) is 0.496. The standard InChI is InChI=1S/C16H29NO4/c1-7-14(18)20-9-8-15(19)21-13(10-12(2)3)11-16(4,5)17-6/h7,12-13,17H,1,8-11H2,2-6H3. The van der Waals surface area contributed by atoms with Gasteiger partial charge in [-0.25, -0.2) is 4.79 Å². The van der Waals surface area contributed by atoms with E-state index in [9.17, 15) is 9.59 Å². The van der Waals surface area contributed by atoms with Gasteiger partial charge in [-0.2, -0.15) is 0 Å². The molecule has 5 heteroatoms. The lowest BCUT2D eigenvalue weighted by Crippen LogP contribution is -2.41. The molecule has 0 bridgehead atoms. The van der Waals surface area contributed by atoms with Gasteiger partial charge >= 0.3 is 11.9 Å². The SMILES string of the molecule is C=CC(=O)OCCC(=O)OC(CC(C)C)CC(C)(C)NC. The number of rotatable bonds is 10. The summed E-state index contributed by atoms with van der Waals surface area (Å²) in [6.45, 7) is 11.6. The Balaban J connectivity index is 4.35.